The van der Waals surface area contributed by atoms with Gasteiger partial charge in [-0.3, -0.25) is 32.2 Å². The maximum atomic E-state index is 11.8. The van der Waals surface area contributed by atoms with Crippen molar-refractivity contribution in [3.63, 3.8) is 0 Å². The highest BCUT2D eigenvalue weighted by atomic mass is 16.2. The lowest BCUT2D eigenvalue weighted by atomic mass is 10.4. The molecule has 0 aromatic rings. The summed E-state index contributed by atoms with van der Waals surface area (Å²) >= 11 is 0. The molecule has 0 saturated carbocycles. The van der Waals surface area contributed by atoms with Crippen LogP contribution in [0.4, 0.5) is 4.79 Å². The van der Waals surface area contributed by atoms with Crippen LogP contribution in [0.1, 0.15) is 12.8 Å². The van der Waals surface area contributed by atoms with E-state index in [9.17, 15) is 9.59 Å². The lowest BCUT2D eigenvalue weighted by molar-refractivity contribution is -0.125. The normalized spacial score (nSPS) is 16.1. The molecule has 1 rings (SSSR count). The summed E-state index contributed by atoms with van der Waals surface area (Å²) in [6.45, 7) is 2.32. The molecule has 0 atom stereocenters. The molecule has 0 radical (unpaired) electrons. The minimum atomic E-state index is -0.218. The van der Waals surface area contributed by atoms with E-state index >= 15 is 0 Å². The summed E-state index contributed by atoms with van der Waals surface area (Å²) in [5, 5.41) is 0. The van der Waals surface area contributed by atoms with Crippen molar-refractivity contribution in [3.05, 3.63) is 0 Å². The number of imide groups is 1. The molecule has 8 nitrogen and oxygen atoms in total. The highest BCUT2D eigenvalue weighted by Crippen LogP contribution is 2.10. The topological polar surface area (TPSA) is 117 Å². The molecule has 0 aromatic carbocycles. The van der Waals surface area contributed by atoms with E-state index < -0.39 is 0 Å². The van der Waals surface area contributed by atoms with Crippen molar-refractivity contribution >= 4 is 11.9 Å². The van der Waals surface area contributed by atoms with Crippen LogP contribution >= 0.6 is 0 Å². The third-order valence-electron chi connectivity index (χ3n) is 2.58. The van der Waals surface area contributed by atoms with Gasteiger partial charge in [-0.15, -0.1) is 0 Å². The molecule has 0 spiro atoms. The Kier molecular flexibility index (Phi) is 5.84. The van der Waals surface area contributed by atoms with Crippen molar-refractivity contribution in [2.75, 3.05) is 32.7 Å². The standard InChI is InChI=1S/C9H20N6O2/c10-12-3-1-5-14-7-8(16)15(9(14)17)6-2-4-13-11/h12-13H,1-7,10-11H2. The molecule has 0 unspecified atom stereocenters. The number of carbonyl (C=O) groups is 2. The second kappa shape index (κ2) is 7.17. The van der Waals surface area contributed by atoms with Gasteiger partial charge in [0, 0.05) is 26.2 Å². The molecule has 0 aromatic heterocycles. The molecule has 17 heavy (non-hydrogen) atoms. The highest BCUT2D eigenvalue weighted by Gasteiger charge is 2.34. The molecule has 6 N–H and O–H groups in total. The molecule has 8 heteroatoms. The van der Waals surface area contributed by atoms with Crippen LogP contribution < -0.4 is 22.5 Å². The van der Waals surface area contributed by atoms with Crippen molar-refractivity contribution in [2.24, 2.45) is 11.7 Å². The number of hydrogen-bond donors (Lipinski definition) is 4. The first-order valence-corrected chi connectivity index (χ1v) is 5.67. The van der Waals surface area contributed by atoms with E-state index in [2.05, 4.69) is 10.9 Å². The second-order valence-electron chi connectivity index (χ2n) is 3.86. The van der Waals surface area contributed by atoms with E-state index in [1.54, 1.807) is 0 Å². The van der Waals surface area contributed by atoms with E-state index in [-0.39, 0.29) is 18.5 Å². The van der Waals surface area contributed by atoms with Crippen molar-refractivity contribution in [1.82, 2.24) is 20.7 Å². The molecule has 0 bridgehead atoms. The molecule has 1 saturated heterocycles. The Morgan fingerprint density at radius 2 is 1.65 bits per heavy atom. The summed E-state index contributed by atoms with van der Waals surface area (Å²) < 4.78 is 0. The van der Waals surface area contributed by atoms with Gasteiger partial charge in [-0.25, -0.2) is 4.79 Å². The van der Waals surface area contributed by atoms with Crippen molar-refractivity contribution < 1.29 is 9.59 Å². The number of nitrogens with two attached hydrogens (primary N) is 2. The Morgan fingerprint density at radius 1 is 1.06 bits per heavy atom. The fraction of sp³-hybridized carbons (Fsp3) is 0.778. The number of urea groups is 1. The Labute approximate surface area is 100 Å². The van der Waals surface area contributed by atoms with Crippen molar-refractivity contribution in [3.8, 4) is 0 Å². The van der Waals surface area contributed by atoms with Crippen LogP contribution in [0.2, 0.25) is 0 Å². The minimum Gasteiger partial charge on any atom is -0.315 e. The molecular formula is C9H20N6O2. The quantitative estimate of drug-likeness (QED) is 0.169. The number of hydrazine groups is 2. The Morgan fingerprint density at radius 3 is 2.24 bits per heavy atom. The van der Waals surface area contributed by atoms with Gasteiger partial charge in [-0.1, -0.05) is 0 Å². The van der Waals surface area contributed by atoms with Gasteiger partial charge in [0.25, 0.3) is 0 Å². The van der Waals surface area contributed by atoms with E-state index in [0.717, 1.165) is 6.42 Å². The van der Waals surface area contributed by atoms with Crippen LogP contribution in [0.25, 0.3) is 0 Å². The smallest absolute Gasteiger partial charge is 0.315 e. The maximum absolute atomic E-state index is 11.8. The molecular weight excluding hydrogens is 224 g/mol. The minimum absolute atomic E-state index is 0.146. The van der Waals surface area contributed by atoms with Gasteiger partial charge in [0.15, 0.2) is 0 Å². The molecule has 1 aliphatic rings. The fourth-order valence-corrected chi connectivity index (χ4v) is 1.70. The first-order chi connectivity index (χ1) is 8.20. The fourth-order valence-electron chi connectivity index (χ4n) is 1.70. The predicted octanol–water partition coefficient (Wildman–Crippen LogP) is -2.04. The monoisotopic (exact) mass is 244 g/mol. The molecule has 1 heterocycles. The van der Waals surface area contributed by atoms with Crippen LogP contribution in [0.3, 0.4) is 0 Å². The molecule has 3 amide bonds. The number of nitrogens with zero attached hydrogens (tertiary/aromatic N) is 2. The first kappa shape index (κ1) is 13.8. The number of nitrogens with one attached hydrogen (secondary N) is 2. The average Bonchev–Trinajstić information content (AvgIpc) is 2.57. The summed E-state index contributed by atoms with van der Waals surface area (Å²) in [4.78, 5) is 26.2. The average molecular weight is 244 g/mol. The van der Waals surface area contributed by atoms with E-state index in [4.69, 9.17) is 11.7 Å². The Bertz CT molecular complexity index is 272. The zero-order valence-corrected chi connectivity index (χ0v) is 9.82. The molecule has 98 valence electrons. The van der Waals surface area contributed by atoms with E-state index in [0.29, 0.717) is 32.6 Å². The van der Waals surface area contributed by atoms with E-state index in [1.807, 2.05) is 0 Å². The third-order valence-corrected chi connectivity index (χ3v) is 2.58. The van der Waals surface area contributed by atoms with Crippen molar-refractivity contribution in [2.45, 2.75) is 12.8 Å². The Hall–Kier alpha value is -1.22. The number of rotatable bonds is 8. The van der Waals surface area contributed by atoms with Gasteiger partial charge < -0.3 is 4.90 Å². The summed E-state index contributed by atoms with van der Waals surface area (Å²) in [5.41, 5.74) is 5.00. The van der Waals surface area contributed by atoms with Gasteiger partial charge in [0.2, 0.25) is 5.91 Å². The number of carbonyl (C=O) groups excluding carboxylic acids is 2. The lowest BCUT2D eigenvalue weighted by Crippen LogP contribution is -2.36. The van der Waals surface area contributed by atoms with Gasteiger partial charge >= 0.3 is 6.03 Å². The van der Waals surface area contributed by atoms with Gasteiger partial charge in [0.1, 0.15) is 6.54 Å². The van der Waals surface area contributed by atoms with Crippen LogP contribution in [0.15, 0.2) is 0 Å². The van der Waals surface area contributed by atoms with E-state index in [1.165, 1.54) is 9.80 Å². The summed E-state index contributed by atoms with van der Waals surface area (Å²) in [7, 11) is 0. The van der Waals surface area contributed by atoms with Gasteiger partial charge in [-0.05, 0) is 12.8 Å². The third kappa shape index (κ3) is 3.93. The van der Waals surface area contributed by atoms with Crippen LogP contribution in [-0.2, 0) is 4.79 Å². The van der Waals surface area contributed by atoms with Gasteiger partial charge in [-0.2, -0.15) is 0 Å². The summed E-state index contributed by atoms with van der Waals surface area (Å²) in [6, 6.07) is -0.218. The zero-order valence-electron chi connectivity index (χ0n) is 9.82. The summed E-state index contributed by atoms with van der Waals surface area (Å²) in [5.74, 6) is 10.1. The van der Waals surface area contributed by atoms with Crippen LogP contribution in [0, 0.1) is 0 Å². The van der Waals surface area contributed by atoms with Crippen molar-refractivity contribution in [1.29, 1.82) is 0 Å². The summed E-state index contributed by atoms with van der Waals surface area (Å²) in [6.07, 6.45) is 1.39. The SMILES string of the molecule is NNCCCN1CC(=O)N(CCCNN)C1=O. The highest BCUT2D eigenvalue weighted by molar-refractivity contribution is 6.01. The second-order valence-corrected chi connectivity index (χ2v) is 3.86. The lowest BCUT2D eigenvalue weighted by Gasteiger charge is -2.16. The Balaban J connectivity index is 2.36. The van der Waals surface area contributed by atoms with Gasteiger partial charge in [0.05, 0.1) is 0 Å². The van der Waals surface area contributed by atoms with Crippen LogP contribution in [-0.4, -0.2) is 54.5 Å². The maximum Gasteiger partial charge on any atom is 0.327 e. The zero-order chi connectivity index (χ0) is 12.7. The first-order valence-electron chi connectivity index (χ1n) is 5.67. The number of amides is 3. The molecule has 1 aliphatic heterocycles. The molecule has 0 aliphatic carbocycles. The predicted molar refractivity (Wildman–Crippen MR) is 62.3 cm³/mol. The largest absolute Gasteiger partial charge is 0.327 e. The van der Waals surface area contributed by atoms with Crippen LogP contribution in [0.5, 0.6) is 0 Å². The number of hydrogen-bond acceptors (Lipinski definition) is 6. The molecule has 1 fully saturated rings.